The third-order valence-electron chi connectivity index (χ3n) is 5.91. The van der Waals surface area contributed by atoms with Gasteiger partial charge in [-0.1, -0.05) is 29.5 Å². The van der Waals surface area contributed by atoms with E-state index in [1.165, 1.54) is 11.1 Å². The second-order valence-electron chi connectivity index (χ2n) is 8.43. The highest BCUT2D eigenvalue weighted by Gasteiger charge is 2.24. The maximum absolute atomic E-state index is 13.7. The van der Waals surface area contributed by atoms with Gasteiger partial charge in [-0.15, -0.1) is 0 Å². The SMILES string of the molecule is Cc1cc(C)c2sc(N(CCCN3CCOCC3)C(=O)c3cnc4ccccc4n3)nc2c1. The van der Waals surface area contributed by atoms with Crippen LogP contribution in [0.4, 0.5) is 5.13 Å². The van der Waals surface area contributed by atoms with Crippen LogP contribution >= 0.6 is 11.3 Å². The topological polar surface area (TPSA) is 71.5 Å². The van der Waals surface area contributed by atoms with Crippen LogP contribution in [-0.4, -0.2) is 65.2 Å². The van der Waals surface area contributed by atoms with Crippen molar-refractivity contribution in [2.75, 3.05) is 44.3 Å². The van der Waals surface area contributed by atoms with Crippen molar-refractivity contribution in [3.05, 3.63) is 59.4 Å². The zero-order chi connectivity index (χ0) is 22.8. The van der Waals surface area contributed by atoms with Crippen molar-refractivity contribution in [3.63, 3.8) is 0 Å². The monoisotopic (exact) mass is 461 g/mol. The van der Waals surface area contributed by atoms with E-state index in [0.29, 0.717) is 22.9 Å². The number of anilines is 1. The summed E-state index contributed by atoms with van der Waals surface area (Å²) in [6, 6.07) is 11.8. The molecule has 0 radical (unpaired) electrons. The summed E-state index contributed by atoms with van der Waals surface area (Å²) in [6.07, 6.45) is 2.42. The maximum Gasteiger partial charge on any atom is 0.280 e. The number of benzene rings is 2. The minimum absolute atomic E-state index is 0.163. The first kappa shape index (κ1) is 21.9. The van der Waals surface area contributed by atoms with Gasteiger partial charge in [-0.25, -0.2) is 9.97 Å². The lowest BCUT2D eigenvalue weighted by atomic mass is 10.1. The van der Waals surface area contributed by atoms with Crippen LogP contribution in [0.3, 0.4) is 0 Å². The number of thiazole rings is 1. The van der Waals surface area contributed by atoms with Gasteiger partial charge in [-0.3, -0.25) is 19.6 Å². The number of fused-ring (bicyclic) bond motifs is 2. The van der Waals surface area contributed by atoms with Crippen molar-refractivity contribution in [2.24, 2.45) is 0 Å². The third kappa shape index (κ3) is 4.73. The Morgan fingerprint density at radius 2 is 1.88 bits per heavy atom. The van der Waals surface area contributed by atoms with Gasteiger partial charge in [0.25, 0.3) is 5.91 Å². The number of carbonyl (C=O) groups is 1. The minimum Gasteiger partial charge on any atom is -0.379 e. The molecule has 33 heavy (non-hydrogen) atoms. The number of rotatable bonds is 6. The summed E-state index contributed by atoms with van der Waals surface area (Å²) in [5, 5.41) is 0.709. The first-order valence-electron chi connectivity index (χ1n) is 11.3. The van der Waals surface area contributed by atoms with E-state index in [1.54, 1.807) is 22.4 Å². The molecular weight excluding hydrogens is 434 g/mol. The van der Waals surface area contributed by atoms with Crippen LogP contribution in [0, 0.1) is 13.8 Å². The molecule has 1 amide bonds. The Morgan fingerprint density at radius 3 is 2.70 bits per heavy atom. The number of ether oxygens (including phenoxy) is 1. The van der Waals surface area contributed by atoms with Gasteiger partial charge >= 0.3 is 0 Å². The molecule has 0 atom stereocenters. The van der Waals surface area contributed by atoms with Gasteiger partial charge in [0.15, 0.2) is 5.13 Å². The zero-order valence-corrected chi connectivity index (χ0v) is 19.8. The summed E-state index contributed by atoms with van der Waals surface area (Å²) in [6.45, 7) is 9.06. The van der Waals surface area contributed by atoms with Gasteiger partial charge in [0, 0.05) is 26.2 Å². The van der Waals surface area contributed by atoms with Crippen LogP contribution < -0.4 is 4.90 Å². The highest BCUT2D eigenvalue weighted by molar-refractivity contribution is 7.22. The molecule has 0 saturated carbocycles. The number of hydrogen-bond donors (Lipinski definition) is 0. The molecule has 8 heteroatoms. The lowest BCUT2D eigenvalue weighted by molar-refractivity contribution is 0.0376. The minimum atomic E-state index is -0.163. The van der Waals surface area contributed by atoms with Crippen LogP contribution in [0.15, 0.2) is 42.6 Å². The van der Waals surface area contributed by atoms with Crippen molar-refractivity contribution in [1.82, 2.24) is 19.9 Å². The van der Waals surface area contributed by atoms with E-state index in [2.05, 4.69) is 40.8 Å². The van der Waals surface area contributed by atoms with Gasteiger partial charge in [0.05, 0.1) is 40.7 Å². The van der Waals surface area contributed by atoms with Gasteiger partial charge in [-0.05, 0) is 49.6 Å². The molecule has 5 rings (SSSR count). The average Bonchev–Trinajstić information content (AvgIpc) is 3.26. The molecule has 1 saturated heterocycles. The standard InChI is InChI=1S/C25H27N5O2S/c1-17-14-18(2)23-21(15-17)28-25(33-23)30(9-5-8-29-10-12-32-13-11-29)24(31)22-16-26-19-6-3-4-7-20(19)27-22/h3-4,6-7,14-16H,5,8-13H2,1-2H3. The molecule has 0 unspecified atom stereocenters. The lowest BCUT2D eigenvalue weighted by Gasteiger charge is -2.27. The average molecular weight is 462 g/mol. The predicted molar refractivity (Wildman–Crippen MR) is 132 cm³/mol. The molecule has 4 aromatic rings. The molecule has 0 spiro atoms. The molecule has 0 N–H and O–H groups in total. The molecule has 2 aromatic carbocycles. The Labute approximate surface area is 197 Å². The molecule has 0 aliphatic carbocycles. The lowest BCUT2D eigenvalue weighted by Crippen LogP contribution is -2.39. The maximum atomic E-state index is 13.7. The van der Waals surface area contributed by atoms with Gasteiger partial charge in [-0.2, -0.15) is 0 Å². The van der Waals surface area contributed by atoms with Gasteiger partial charge in [0.2, 0.25) is 0 Å². The van der Waals surface area contributed by atoms with Crippen LogP contribution in [-0.2, 0) is 4.74 Å². The van der Waals surface area contributed by atoms with E-state index in [9.17, 15) is 4.79 Å². The Bertz CT molecular complexity index is 1300. The number of hydrogen-bond acceptors (Lipinski definition) is 7. The normalized spacial score (nSPS) is 14.7. The largest absolute Gasteiger partial charge is 0.379 e. The summed E-state index contributed by atoms with van der Waals surface area (Å²) in [7, 11) is 0. The second kappa shape index (κ2) is 9.51. The Kier molecular flexibility index (Phi) is 6.30. The van der Waals surface area contributed by atoms with E-state index in [-0.39, 0.29) is 5.91 Å². The molecule has 1 aliphatic heterocycles. The van der Waals surface area contributed by atoms with E-state index in [0.717, 1.165) is 55.0 Å². The number of para-hydroxylation sites is 2. The van der Waals surface area contributed by atoms with Crippen LogP contribution in [0.2, 0.25) is 0 Å². The Hall–Kier alpha value is -2.94. The van der Waals surface area contributed by atoms with E-state index < -0.39 is 0 Å². The fourth-order valence-electron chi connectivity index (χ4n) is 4.24. The second-order valence-corrected chi connectivity index (χ2v) is 9.41. The van der Waals surface area contributed by atoms with Crippen molar-refractivity contribution >= 4 is 43.6 Å². The van der Waals surface area contributed by atoms with E-state index in [1.807, 2.05) is 24.3 Å². The van der Waals surface area contributed by atoms with Crippen molar-refractivity contribution in [3.8, 4) is 0 Å². The van der Waals surface area contributed by atoms with E-state index >= 15 is 0 Å². The van der Waals surface area contributed by atoms with Crippen LogP contribution in [0.1, 0.15) is 28.0 Å². The van der Waals surface area contributed by atoms with Gasteiger partial charge < -0.3 is 4.74 Å². The first-order chi connectivity index (χ1) is 16.1. The Balaban J connectivity index is 1.45. The Morgan fingerprint density at radius 1 is 1.09 bits per heavy atom. The quantitative estimate of drug-likeness (QED) is 0.428. The molecular formula is C25H27N5O2S. The number of nitrogens with zero attached hydrogens (tertiary/aromatic N) is 5. The summed E-state index contributed by atoms with van der Waals surface area (Å²) < 4.78 is 6.57. The zero-order valence-electron chi connectivity index (χ0n) is 19.0. The molecule has 3 heterocycles. The summed E-state index contributed by atoms with van der Waals surface area (Å²) in [5.74, 6) is -0.163. The summed E-state index contributed by atoms with van der Waals surface area (Å²) in [5.41, 5.74) is 5.11. The van der Waals surface area contributed by atoms with Crippen molar-refractivity contribution in [1.29, 1.82) is 0 Å². The predicted octanol–water partition coefficient (Wildman–Crippen LogP) is 4.23. The highest BCUT2D eigenvalue weighted by Crippen LogP contribution is 2.33. The van der Waals surface area contributed by atoms with Crippen LogP contribution in [0.5, 0.6) is 0 Å². The fourth-order valence-corrected chi connectivity index (χ4v) is 5.28. The number of amides is 1. The number of aromatic nitrogens is 3. The smallest absolute Gasteiger partial charge is 0.280 e. The van der Waals surface area contributed by atoms with E-state index in [4.69, 9.17) is 9.72 Å². The molecule has 2 aromatic heterocycles. The van der Waals surface area contributed by atoms with Gasteiger partial charge in [0.1, 0.15) is 5.69 Å². The fraction of sp³-hybridized carbons (Fsp3) is 0.360. The molecule has 1 aliphatic rings. The summed E-state index contributed by atoms with van der Waals surface area (Å²) in [4.78, 5) is 31.7. The van der Waals surface area contributed by atoms with Crippen molar-refractivity contribution in [2.45, 2.75) is 20.3 Å². The number of morpholine rings is 1. The number of aryl methyl sites for hydroxylation is 2. The number of carbonyl (C=O) groups excluding carboxylic acids is 1. The summed E-state index contributed by atoms with van der Waals surface area (Å²) >= 11 is 1.57. The van der Waals surface area contributed by atoms with Crippen molar-refractivity contribution < 1.29 is 9.53 Å². The molecule has 1 fully saturated rings. The molecule has 7 nitrogen and oxygen atoms in total. The van der Waals surface area contributed by atoms with Crippen LogP contribution in [0.25, 0.3) is 21.3 Å². The molecule has 170 valence electrons. The first-order valence-corrected chi connectivity index (χ1v) is 12.1. The third-order valence-corrected chi connectivity index (χ3v) is 7.14. The molecule has 0 bridgehead atoms. The highest BCUT2D eigenvalue weighted by atomic mass is 32.1.